The van der Waals surface area contributed by atoms with Gasteiger partial charge in [0.1, 0.15) is 6.10 Å². The summed E-state index contributed by atoms with van der Waals surface area (Å²) in [6.45, 7) is 4.52. The van der Waals surface area contributed by atoms with Gasteiger partial charge in [-0.15, -0.1) is 11.3 Å². The second-order valence-corrected chi connectivity index (χ2v) is 10.8. The van der Waals surface area contributed by atoms with Crippen LogP contribution in [0.5, 0.6) is 0 Å². The second-order valence-electron chi connectivity index (χ2n) is 9.68. The Morgan fingerprint density at radius 2 is 1.73 bits per heavy atom. The van der Waals surface area contributed by atoms with Crippen LogP contribution < -0.4 is 0 Å². The number of benzene rings is 1. The van der Waals surface area contributed by atoms with Crippen molar-refractivity contribution in [2.24, 2.45) is 11.8 Å². The zero-order valence-corrected chi connectivity index (χ0v) is 19.6. The molecular formula is C27H38O2S. The monoisotopic (exact) mass is 426 g/mol. The molecule has 2 aromatic rings. The van der Waals surface area contributed by atoms with E-state index in [1.165, 1.54) is 59.1 Å². The van der Waals surface area contributed by atoms with E-state index in [9.17, 15) is 4.79 Å². The highest BCUT2D eigenvalue weighted by Gasteiger charge is 2.31. The molecule has 30 heavy (non-hydrogen) atoms. The van der Waals surface area contributed by atoms with Gasteiger partial charge in [0.25, 0.3) is 0 Å². The van der Waals surface area contributed by atoms with Crippen LogP contribution >= 0.6 is 11.3 Å². The van der Waals surface area contributed by atoms with Gasteiger partial charge in [-0.05, 0) is 92.7 Å². The molecule has 2 aliphatic rings. The van der Waals surface area contributed by atoms with Crippen molar-refractivity contribution >= 4 is 27.4 Å². The molecule has 0 bridgehead atoms. The predicted octanol–water partition coefficient (Wildman–Crippen LogP) is 8.03. The first-order valence-electron chi connectivity index (χ1n) is 12.4. The number of carbonyl (C=O) groups excluding carboxylic acids is 1. The first kappa shape index (κ1) is 21.9. The summed E-state index contributed by atoms with van der Waals surface area (Å²) in [7, 11) is 0. The maximum atomic E-state index is 12.7. The topological polar surface area (TPSA) is 26.3 Å². The molecular weight excluding hydrogens is 388 g/mol. The smallest absolute Gasteiger partial charge is 0.309 e. The molecule has 1 heterocycles. The van der Waals surface area contributed by atoms with Crippen molar-refractivity contribution in [3.8, 4) is 0 Å². The number of esters is 1. The summed E-state index contributed by atoms with van der Waals surface area (Å²) in [6.07, 6.45) is 14.0. The summed E-state index contributed by atoms with van der Waals surface area (Å²) in [5.74, 6) is 1.67. The summed E-state index contributed by atoms with van der Waals surface area (Å²) in [5.41, 5.74) is 1.47. The summed E-state index contributed by atoms with van der Waals surface area (Å²) in [5, 5.41) is 1.39. The molecule has 2 fully saturated rings. The molecule has 0 N–H and O–H groups in total. The van der Waals surface area contributed by atoms with Crippen LogP contribution in [0.3, 0.4) is 0 Å². The lowest BCUT2D eigenvalue weighted by Crippen LogP contribution is -2.29. The normalized spacial score (nSPS) is 27.3. The fraction of sp³-hybridized carbons (Fsp3) is 0.667. The number of hydrogen-bond donors (Lipinski definition) is 0. The Balaban J connectivity index is 1.27. The molecule has 2 saturated carbocycles. The fourth-order valence-corrected chi connectivity index (χ4v) is 6.81. The van der Waals surface area contributed by atoms with Gasteiger partial charge < -0.3 is 4.74 Å². The van der Waals surface area contributed by atoms with Crippen molar-refractivity contribution in [2.75, 3.05) is 0 Å². The van der Waals surface area contributed by atoms with E-state index in [0.29, 0.717) is 5.92 Å². The Morgan fingerprint density at radius 1 is 0.967 bits per heavy atom. The van der Waals surface area contributed by atoms with Gasteiger partial charge in [0.15, 0.2) is 0 Å². The van der Waals surface area contributed by atoms with E-state index in [2.05, 4.69) is 38.1 Å². The van der Waals surface area contributed by atoms with Gasteiger partial charge in [-0.2, -0.15) is 0 Å². The average molecular weight is 427 g/mol. The Hall–Kier alpha value is -1.35. The quantitative estimate of drug-likeness (QED) is 0.419. The third-order valence-corrected chi connectivity index (χ3v) is 8.55. The summed E-state index contributed by atoms with van der Waals surface area (Å²) < 4.78 is 7.37. The molecule has 164 valence electrons. The first-order valence-corrected chi connectivity index (χ1v) is 13.2. The Labute approximate surface area is 186 Å². The molecule has 0 saturated heterocycles. The maximum absolute atomic E-state index is 12.7. The van der Waals surface area contributed by atoms with E-state index in [1.54, 1.807) is 0 Å². The molecule has 0 spiro atoms. The van der Waals surface area contributed by atoms with E-state index in [1.807, 2.05) is 11.3 Å². The zero-order chi connectivity index (χ0) is 20.9. The Bertz CT molecular complexity index is 823. The Morgan fingerprint density at radius 3 is 2.43 bits per heavy atom. The SMILES string of the molecule is CCCc1cc2ccc(C3CCC(C(=O)OC4CCC(CCC)CC4)CC3)cc2s1. The van der Waals surface area contributed by atoms with Crippen molar-refractivity contribution in [3.63, 3.8) is 0 Å². The molecule has 3 heteroatoms. The van der Waals surface area contributed by atoms with E-state index in [0.717, 1.165) is 44.4 Å². The first-order chi connectivity index (χ1) is 14.7. The molecule has 0 radical (unpaired) electrons. The van der Waals surface area contributed by atoms with Crippen molar-refractivity contribution in [3.05, 3.63) is 34.7 Å². The average Bonchev–Trinajstić information content (AvgIpc) is 3.17. The maximum Gasteiger partial charge on any atom is 0.309 e. The van der Waals surface area contributed by atoms with E-state index in [4.69, 9.17) is 4.74 Å². The van der Waals surface area contributed by atoms with Crippen molar-refractivity contribution in [2.45, 2.75) is 103 Å². The molecule has 0 atom stereocenters. The number of rotatable bonds is 7. The van der Waals surface area contributed by atoms with Gasteiger partial charge >= 0.3 is 5.97 Å². The number of aryl methyl sites for hydroxylation is 1. The number of ether oxygens (including phenoxy) is 1. The van der Waals surface area contributed by atoms with Crippen LogP contribution in [0.2, 0.25) is 0 Å². The summed E-state index contributed by atoms with van der Waals surface area (Å²) in [6, 6.07) is 9.39. The number of carbonyl (C=O) groups is 1. The molecule has 1 aromatic carbocycles. The van der Waals surface area contributed by atoms with Crippen LogP contribution in [0.4, 0.5) is 0 Å². The second kappa shape index (κ2) is 10.3. The van der Waals surface area contributed by atoms with E-state index in [-0.39, 0.29) is 18.0 Å². The molecule has 0 unspecified atom stereocenters. The van der Waals surface area contributed by atoms with Crippen LogP contribution in [0.15, 0.2) is 24.3 Å². The van der Waals surface area contributed by atoms with Gasteiger partial charge in [0.2, 0.25) is 0 Å². The molecule has 0 aliphatic heterocycles. The highest BCUT2D eigenvalue weighted by atomic mass is 32.1. The van der Waals surface area contributed by atoms with Gasteiger partial charge in [0, 0.05) is 9.58 Å². The lowest BCUT2D eigenvalue weighted by atomic mass is 9.78. The minimum Gasteiger partial charge on any atom is -0.462 e. The minimum atomic E-state index is 0.0882. The zero-order valence-electron chi connectivity index (χ0n) is 18.8. The van der Waals surface area contributed by atoms with Crippen molar-refractivity contribution < 1.29 is 9.53 Å². The van der Waals surface area contributed by atoms with Crippen LogP contribution in [0.25, 0.3) is 10.1 Å². The lowest BCUT2D eigenvalue weighted by molar-refractivity contribution is -0.157. The van der Waals surface area contributed by atoms with Gasteiger partial charge in [-0.25, -0.2) is 0 Å². The third-order valence-electron chi connectivity index (χ3n) is 7.40. The summed E-state index contributed by atoms with van der Waals surface area (Å²) in [4.78, 5) is 14.2. The third kappa shape index (κ3) is 5.28. The van der Waals surface area contributed by atoms with Crippen LogP contribution in [-0.2, 0) is 16.0 Å². The Kier molecular flexibility index (Phi) is 7.51. The van der Waals surface area contributed by atoms with Gasteiger partial charge in [0.05, 0.1) is 5.92 Å². The van der Waals surface area contributed by atoms with Crippen LogP contribution in [0, 0.1) is 11.8 Å². The molecule has 2 nitrogen and oxygen atoms in total. The van der Waals surface area contributed by atoms with Gasteiger partial charge in [-0.1, -0.05) is 45.2 Å². The van der Waals surface area contributed by atoms with E-state index < -0.39 is 0 Å². The largest absolute Gasteiger partial charge is 0.462 e. The molecule has 0 amide bonds. The molecule has 2 aliphatic carbocycles. The molecule has 4 rings (SSSR count). The molecule has 1 aromatic heterocycles. The van der Waals surface area contributed by atoms with E-state index >= 15 is 0 Å². The minimum absolute atomic E-state index is 0.0882. The van der Waals surface area contributed by atoms with Crippen LogP contribution in [-0.4, -0.2) is 12.1 Å². The highest BCUT2D eigenvalue weighted by molar-refractivity contribution is 7.19. The number of thiophene rings is 1. The van der Waals surface area contributed by atoms with Gasteiger partial charge in [-0.3, -0.25) is 4.79 Å². The lowest BCUT2D eigenvalue weighted by Gasteiger charge is -2.31. The standard InChI is InChI=1S/C27H38O2S/c1-3-5-19-7-15-24(16-8-19)29-27(28)21-11-9-20(10-12-21)22-13-14-23-17-25(6-4-2)30-26(23)18-22/h13-14,17-21,24H,3-12,15-16H2,1-2H3. The highest BCUT2D eigenvalue weighted by Crippen LogP contribution is 2.39. The predicted molar refractivity (Wildman–Crippen MR) is 127 cm³/mol. The van der Waals surface area contributed by atoms with Crippen molar-refractivity contribution in [1.82, 2.24) is 0 Å². The fourth-order valence-electron chi connectivity index (χ4n) is 5.60. The number of fused-ring (bicyclic) bond motifs is 1. The van der Waals surface area contributed by atoms with Crippen LogP contribution in [0.1, 0.15) is 101 Å². The number of hydrogen-bond acceptors (Lipinski definition) is 3. The van der Waals surface area contributed by atoms with Crippen molar-refractivity contribution in [1.29, 1.82) is 0 Å². The summed E-state index contributed by atoms with van der Waals surface area (Å²) >= 11 is 1.95.